The first-order valence-corrected chi connectivity index (χ1v) is 7.98. The van der Waals surface area contributed by atoms with E-state index in [2.05, 4.69) is 10.6 Å². The fraction of sp³-hybridized carbons (Fsp3) is 0.0556. The van der Waals surface area contributed by atoms with Gasteiger partial charge < -0.3 is 10.6 Å². The van der Waals surface area contributed by atoms with Crippen LogP contribution < -0.4 is 10.6 Å². The average Bonchev–Trinajstić information content (AvgIpc) is 2.91. The van der Waals surface area contributed by atoms with Crippen LogP contribution in [0, 0.1) is 15.9 Å². The third-order valence-corrected chi connectivity index (χ3v) is 3.83. The van der Waals surface area contributed by atoms with E-state index in [4.69, 9.17) is 0 Å². The van der Waals surface area contributed by atoms with Crippen molar-refractivity contribution in [1.29, 1.82) is 0 Å². The molecule has 1 aliphatic rings. The Morgan fingerprint density at radius 1 is 1.18 bits per heavy atom. The number of non-ortho nitro benzene ring substituents is 1. The van der Waals surface area contributed by atoms with Gasteiger partial charge in [0, 0.05) is 23.4 Å². The number of carbonyl (C=O) groups excluding carboxylic acids is 3. The summed E-state index contributed by atoms with van der Waals surface area (Å²) in [6.07, 6.45) is 1.18. The Morgan fingerprint density at radius 2 is 1.86 bits per heavy atom. The van der Waals surface area contributed by atoms with E-state index in [0.29, 0.717) is 4.90 Å². The first kappa shape index (κ1) is 18.7. The van der Waals surface area contributed by atoms with Crippen molar-refractivity contribution >= 4 is 35.3 Å². The Morgan fingerprint density at radius 3 is 2.50 bits per heavy atom. The number of imide groups is 1. The highest BCUT2D eigenvalue weighted by Gasteiger charge is 2.35. The number of carbonyl (C=O) groups is 3. The molecule has 0 saturated carbocycles. The van der Waals surface area contributed by atoms with Crippen LogP contribution in [-0.4, -0.2) is 34.2 Å². The number of rotatable bonds is 5. The molecule has 2 aromatic rings. The van der Waals surface area contributed by atoms with Gasteiger partial charge in [0.2, 0.25) is 5.91 Å². The summed E-state index contributed by atoms with van der Waals surface area (Å²) >= 11 is 0. The fourth-order valence-corrected chi connectivity index (χ4v) is 2.47. The minimum Gasteiger partial charge on any atom is -0.325 e. The maximum absolute atomic E-state index is 13.7. The predicted molar refractivity (Wildman–Crippen MR) is 96.3 cm³/mol. The number of nitrogens with zero attached hydrogens (tertiary/aromatic N) is 2. The molecule has 0 spiro atoms. The van der Waals surface area contributed by atoms with Gasteiger partial charge in [-0.15, -0.1) is 0 Å². The normalized spacial score (nSPS) is 14.9. The molecule has 2 N–H and O–H groups in total. The minimum absolute atomic E-state index is 0.114. The molecule has 0 aliphatic carbocycles. The first-order valence-electron chi connectivity index (χ1n) is 7.98. The molecule has 1 fully saturated rings. The summed E-state index contributed by atoms with van der Waals surface area (Å²) < 4.78 is 13.7. The highest BCUT2D eigenvalue weighted by molar-refractivity contribution is 6.15. The Balaban J connectivity index is 1.68. The number of hydrogen-bond acceptors (Lipinski definition) is 5. The Hall–Kier alpha value is -4.08. The van der Waals surface area contributed by atoms with Crippen molar-refractivity contribution in [3.8, 4) is 0 Å². The average molecular weight is 384 g/mol. The number of amides is 4. The van der Waals surface area contributed by atoms with Crippen molar-refractivity contribution in [3.63, 3.8) is 0 Å². The lowest BCUT2D eigenvalue weighted by Crippen LogP contribution is -2.38. The van der Waals surface area contributed by atoms with Crippen LogP contribution in [0.4, 0.5) is 20.6 Å². The van der Waals surface area contributed by atoms with Gasteiger partial charge >= 0.3 is 6.03 Å². The molecular weight excluding hydrogens is 371 g/mol. The van der Waals surface area contributed by atoms with Crippen LogP contribution >= 0.6 is 0 Å². The number of halogens is 1. The van der Waals surface area contributed by atoms with E-state index < -0.39 is 35.1 Å². The quantitative estimate of drug-likeness (QED) is 0.354. The van der Waals surface area contributed by atoms with Crippen LogP contribution in [0.5, 0.6) is 0 Å². The molecule has 0 radical (unpaired) electrons. The number of urea groups is 1. The lowest BCUT2D eigenvalue weighted by atomic mass is 10.2. The van der Waals surface area contributed by atoms with E-state index in [1.807, 2.05) is 0 Å². The zero-order chi connectivity index (χ0) is 20.3. The van der Waals surface area contributed by atoms with E-state index in [9.17, 15) is 28.9 Å². The SMILES string of the molecule is O=C(CN1C(=O)N/C(=C\c2ccccc2F)C1=O)Nc1ccc([N+](=O)[O-])cc1. The molecule has 1 aliphatic heterocycles. The van der Waals surface area contributed by atoms with Crippen molar-refractivity contribution in [2.75, 3.05) is 11.9 Å². The Kier molecular flexibility index (Phi) is 5.12. The molecule has 1 heterocycles. The molecular formula is C18H13FN4O5. The highest BCUT2D eigenvalue weighted by Crippen LogP contribution is 2.17. The summed E-state index contributed by atoms with van der Waals surface area (Å²) in [5.74, 6) is -2.01. The molecule has 0 atom stereocenters. The van der Waals surface area contributed by atoms with Crippen LogP contribution in [0.15, 0.2) is 54.2 Å². The standard InChI is InChI=1S/C18H13FN4O5/c19-14-4-2-1-3-11(14)9-15-17(25)22(18(26)21-15)10-16(24)20-12-5-7-13(8-6-12)23(27)28/h1-9H,10H2,(H,20,24)(H,21,26)/b15-9-. The van der Waals surface area contributed by atoms with Crippen molar-refractivity contribution < 1.29 is 23.7 Å². The van der Waals surface area contributed by atoms with E-state index in [1.165, 1.54) is 48.5 Å². The van der Waals surface area contributed by atoms with Crippen LogP contribution in [0.3, 0.4) is 0 Å². The molecule has 10 heteroatoms. The van der Waals surface area contributed by atoms with Gasteiger partial charge in [-0.25, -0.2) is 14.1 Å². The third kappa shape index (κ3) is 4.01. The van der Waals surface area contributed by atoms with E-state index in [0.717, 1.165) is 0 Å². The third-order valence-electron chi connectivity index (χ3n) is 3.83. The van der Waals surface area contributed by atoms with Gasteiger partial charge in [-0.3, -0.25) is 19.7 Å². The van der Waals surface area contributed by atoms with Crippen molar-refractivity contribution in [2.45, 2.75) is 0 Å². The minimum atomic E-state index is -0.813. The second-order valence-electron chi connectivity index (χ2n) is 5.75. The zero-order valence-electron chi connectivity index (χ0n) is 14.2. The summed E-state index contributed by atoms with van der Waals surface area (Å²) in [5.41, 5.74) is 0.0846. The molecule has 0 bridgehead atoms. The molecule has 2 aromatic carbocycles. The molecule has 3 rings (SSSR count). The molecule has 0 unspecified atom stereocenters. The number of anilines is 1. The highest BCUT2D eigenvalue weighted by atomic mass is 19.1. The maximum atomic E-state index is 13.7. The van der Waals surface area contributed by atoms with Gasteiger partial charge in [0.25, 0.3) is 11.6 Å². The molecule has 28 heavy (non-hydrogen) atoms. The van der Waals surface area contributed by atoms with Gasteiger partial charge in [-0.2, -0.15) is 0 Å². The second-order valence-corrected chi connectivity index (χ2v) is 5.75. The summed E-state index contributed by atoms with van der Waals surface area (Å²) in [6.45, 7) is -0.573. The monoisotopic (exact) mass is 384 g/mol. The van der Waals surface area contributed by atoms with Gasteiger partial charge in [0.1, 0.15) is 18.1 Å². The fourth-order valence-electron chi connectivity index (χ4n) is 2.47. The number of nitro groups is 1. The van der Waals surface area contributed by atoms with E-state index >= 15 is 0 Å². The predicted octanol–water partition coefficient (Wildman–Crippen LogP) is 2.27. The Bertz CT molecular complexity index is 1000. The maximum Gasteiger partial charge on any atom is 0.329 e. The van der Waals surface area contributed by atoms with Gasteiger partial charge in [-0.05, 0) is 24.3 Å². The van der Waals surface area contributed by atoms with E-state index in [-0.39, 0.29) is 22.6 Å². The number of nitro benzene ring substituents is 1. The topological polar surface area (TPSA) is 122 Å². The molecule has 142 valence electrons. The van der Waals surface area contributed by atoms with Crippen LogP contribution in [0.1, 0.15) is 5.56 Å². The first-order chi connectivity index (χ1) is 13.3. The summed E-state index contributed by atoms with van der Waals surface area (Å²) in [5, 5.41) is 15.4. The molecule has 1 saturated heterocycles. The number of nitrogens with one attached hydrogen (secondary N) is 2. The van der Waals surface area contributed by atoms with E-state index in [1.54, 1.807) is 6.07 Å². The molecule has 0 aromatic heterocycles. The number of hydrogen-bond donors (Lipinski definition) is 2. The van der Waals surface area contributed by atoms with Gasteiger partial charge in [0.05, 0.1) is 4.92 Å². The summed E-state index contributed by atoms with van der Waals surface area (Å²) in [4.78, 5) is 47.1. The van der Waals surface area contributed by atoms with Crippen LogP contribution in [-0.2, 0) is 9.59 Å². The lowest BCUT2D eigenvalue weighted by Gasteiger charge is -2.11. The van der Waals surface area contributed by atoms with Gasteiger partial charge in [-0.1, -0.05) is 18.2 Å². The lowest BCUT2D eigenvalue weighted by molar-refractivity contribution is -0.384. The van der Waals surface area contributed by atoms with Crippen LogP contribution in [0.25, 0.3) is 6.08 Å². The van der Waals surface area contributed by atoms with Crippen molar-refractivity contribution in [1.82, 2.24) is 10.2 Å². The number of benzene rings is 2. The smallest absolute Gasteiger partial charge is 0.325 e. The summed E-state index contributed by atoms with van der Waals surface area (Å²) in [7, 11) is 0. The summed E-state index contributed by atoms with van der Waals surface area (Å²) in [6, 6.07) is 9.96. The second kappa shape index (κ2) is 7.66. The largest absolute Gasteiger partial charge is 0.329 e. The Labute approximate surface area is 157 Å². The van der Waals surface area contributed by atoms with Crippen molar-refractivity contribution in [3.05, 3.63) is 75.7 Å². The molecule has 4 amide bonds. The van der Waals surface area contributed by atoms with Gasteiger partial charge in [0.15, 0.2) is 0 Å². The zero-order valence-corrected chi connectivity index (χ0v) is 14.2. The molecule has 9 nitrogen and oxygen atoms in total. The van der Waals surface area contributed by atoms with Crippen LogP contribution in [0.2, 0.25) is 0 Å². The van der Waals surface area contributed by atoms with Crippen molar-refractivity contribution in [2.24, 2.45) is 0 Å².